The van der Waals surface area contributed by atoms with Gasteiger partial charge in [0.2, 0.25) is 0 Å². The average Bonchev–Trinajstić information content (AvgIpc) is 3.70. The van der Waals surface area contributed by atoms with Crippen molar-refractivity contribution in [3.8, 4) is 33.9 Å². The van der Waals surface area contributed by atoms with E-state index in [1.165, 1.54) is 40.6 Å². The molecule has 0 saturated carbocycles. The lowest BCUT2D eigenvalue weighted by molar-refractivity contribution is 0.473. The number of ether oxygens (including phenoxy) is 1. The second-order valence-electron chi connectivity index (χ2n) is 9.50. The molecule has 1 N–H and O–H groups in total. The van der Waals surface area contributed by atoms with Gasteiger partial charge in [0.15, 0.2) is 11.6 Å². The molecule has 214 valence electrons. The lowest BCUT2D eigenvalue weighted by Gasteiger charge is -2.19. The first-order valence-electron chi connectivity index (χ1n) is 12.8. The van der Waals surface area contributed by atoms with Gasteiger partial charge >= 0.3 is 0 Å². The zero-order valence-electron chi connectivity index (χ0n) is 21.8. The number of rotatable bonds is 8. The van der Waals surface area contributed by atoms with Crippen LogP contribution in [0.25, 0.3) is 22.4 Å². The van der Waals surface area contributed by atoms with Gasteiger partial charge in [0.1, 0.15) is 22.3 Å². The molecular weight excluding hydrogens is 604 g/mol. The fourth-order valence-corrected chi connectivity index (χ4v) is 6.56. The van der Waals surface area contributed by atoms with Crippen molar-refractivity contribution in [2.75, 3.05) is 22.7 Å². The summed E-state index contributed by atoms with van der Waals surface area (Å²) >= 11 is 7.60. The van der Waals surface area contributed by atoms with E-state index in [9.17, 15) is 12.8 Å². The summed E-state index contributed by atoms with van der Waals surface area (Å²) in [6.07, 6.45) is 7.06. The molecule has 0 atom stereocenters. The fraction of sp³-hybridized carbons (Fsp3) is 0.138. The summed E-state index contributed by atoms with van der Waals surface area (Å²) in [4.78, 5) is 14.3. The summed E-state index contributed by atoms with van der Waals surface area (Å²) in [6.45, 7) is 1.84. The molecule has 0 amide bonds. The Morgan fingerprint density at radius 1 is 0.952 bits per heavy atom. The van der Waals surface area contributed by atoms with Crippen LogP contribution in [0.4, 0.5) is 20.3 Å². The molecule has 2 aromatic carbocycles. The lowest BCUT2D eigenvalue weighted by Crippen LogP contribution is -2.17. The lowest BCUT2D eigenvalue weighted by atomic mass is 10.0. The molecule has 0 unspecified atom stereocenters. The van der Waals surface area contributed by atoms with Crippen LogP contribution in [-0.4, -0.2) is 36.5 Å². The summed E-state index contributed by atoms with van der Waals surface area (Å²) in [5, 5.41) is 1.34. The van der Waals surface area contributed by atoms with Crippen molar-refractivity contribution in [1.29, 1.82) is 0 Å². The number of pyridine rings is 2. The zero-order valence-corrected chi connectivity index (χ0v) is 24.2. The third-order valence-corrected chi connectivity index (χ3v) is 8.91. The van der Waals surface area contributed by atoms with E-state index in [4.69, 9.17) is 16.3 Å². The molecular formula is C29H22ClF2N5O3S2. The van der Waals surface area contributed by atoms with Gasteiger partial charge in [-0.15, -0.1) is 11.3 Å². The summed E-state index contributed by atoms with van der Waals surface area (Å²) < 4.78 is 63.0. The van der Waals surface area contributed by atoms with Crippen LogP contribution in [0.5, 0.6) is 11.5 Å². The van der Waals surface area contributed by atoms with Crippen LogP contribution in [-0.2, 0) is 10.0 Å². The maximum absolute atomic E-state index is 15.2. The van der Waals surface area contributed by atoms with Crippen molar-refractivity contribution in [2.45, 2.75) is 17.7 Å². The van der Waals surface area contributed by atoms with Gasteiger partial charge < -0.3 is 9.64 Å². The Balaban J connectivity index is 1.39. The van der Waals surface area contributed by atoms with Crippen molar-refractivity contribution < 1.29 is 21.9 Å². The monoisotopic (exact) mass is 625 g/mol. The van der Waals surface area contributed by atoms with Gasteiger partial charge in [-0.3, -0.25) is 14.7 Å². The van der Waals surface area contributed by atoms with Crippen LogP contribution < -0.4 is 14.4 Å². The molecule has 5 aromatic rings. The SMILES string of the molecule is O=S(=O)(Nc1cscn1)c1cc(Cl)c(Oc2cnc(-c3cccc(F)c3)cc2-c2cncc(N3CCCC3)c2)cc1F. The smallest absolute Gasteiger partial charge is 0.266 e. The number of hydrogen-bond donors (Lipinski definition) is 1. The van der Waals surface area contributed by atoms with E-state index >= 15 is 4.39 Å². The Bertz CT molecular complexity index is 1870. The van der Waals surface area contributed by atoms with Gasteiger partial charge in [-0.25, -0.2) is 22.2 Å². The van der Waals surface area contributed by atoms with Gasteiger partial charge in [-0.2, -0.15) is 0 Å². The van der Waals surface area contributed by atoms with E-state index in [-0.39, 0.29) is 22.3 Å². The Morgan fingerprint density at radius 3 is 2.55 bits per heavy atom. The van der Waals surface area contributed by atoms with Gasteiger partial charge in [0, 0.05) is 47.4 Å². The predicted molar refractivity (Wildman–Crippen MR) is 159 cm³/mol. The van der Waals surface area contributed by atoms with Crippen molar-refractivity contribution in [3.05, 3.63) is 94.7 Å². The number of benzene rings is 2. The first-order chi connectivity index (χ1) is 20.3. The molecule has 8 nitrogen and oxygen atoms in total. The standard InChI is InChI=1S/C29H22ClF2N5O3S2/c30-23-11-28(42(38,39)36-29-16-41-17-35-29)24(32)12-26(23)40-27-15-34-25(18-4-3-5-20(31)8-18)10-22(27)19-9-21(14-33-13-19)37-6-1-2-7-37/h3-5,8-17,36H,1-2,6-7H2. The van der Waals surface area contributed by atoms with Crippen LogP contribution in [0.1, 0.15) is 12.8 Å². The molecule has 13 heteroatoms. The third kappa shape index (κ3) is 5.91. The molecule has 42 heavy (non-hydrogen) atoms. The minimum atomic E-state index is -4.31. The fourth-order valence-electron chi connectivity index (χ4n) is 4.65. The van der Waals surface area contributed by atoms with E-state index in [1.54, 1.807) is 30.6 Å². The summed E-state index contributed by atoms with van der Waals surface area (Å²) in [5.74, 6) is -1.31. The average molecular weight is 626 g/mol. The predicted octanol–water partition coefficient (Wildman–Crippen LogP) is 7.39. The van der Waals surface area contributed by atoms with Crippen LogP contribution in [0.15, 0.2) is 82.9 Å². The molecule has 3 aromatic heterocycles. The minimum absolute atomic E-state index is 0.0646. The normalized spacial score (nSPS) is 13.4. The Labute approximate surface area is 249 Å². The highest BCUT2D eigenvalue weighted by Gasteiger charge is 2.24. The van der Waals surface area contributed by atoms with Crippen LogP contribution in [0.3, 0.4) is 0 Å². The molecule has 0 bridgehead atoms. The zero-order chi connectivity index (χ0) is 29.3. The highest BCUT2D eigenvalue weighted by atomic mass is 35.5. The quantitative estimate of drug-likeness (QED) is 0.192. The maximum atomic E-state index is 15.2. The Morgan fingerprint density at radius 2 is 1.79 bits per heavy atom. The number of sulfonamides is 1. The van der Waals surface area contributed by atoms with Crippen molar-refractivity contribution in [3.63, 3.8) is 0 Å². The molecule has 0 aliphatic carbocycles. The molecule has 1 saturated heterocycles. The second kappa shape index (κ2) is 11.6. The Kier molecular flexibility index (Phi) is 7.76. The molecule has 1 aliphatic heterocycles. The number of nitrogens with one attached hydrogen (secondary N) is 1. The van der Waals surface area contributed by atoms with Crippen LogP contribution in [0, 0.1) is 11.6 Å². The van der Waals surface area contributed by atoms with Crippen LogP contribution in [0.2, 0.25) is 5.02 Å². The third-order valence-electron chi connectivity index (χ3n) is 6.66. The summed E-state index contributed by atoms with van der Waals surface area (Å²) in [7, 11) is -4.31. The van der Waals surface area contributed by atoms with Crippen molar-refractivity contribution in [2.24, 2.45) is 0 Å². The summed E-state index contributed by atoms with van der Waals surface area (Å²) in [6, 6.07) is 11.6. The number of aromatic nitrogens is 3. The van der Waals surface area contributed by atoms with Crippen molar-refractivity contribution >= 4 is 44.5 Å². The minimum Gasteiger partial charge on any atom is -0.453 e. The molecule has 4 heterocycles. The molecule has 1 aliphatic rings. The number of nitrogens with zero attached hydrogens (tertiary/aromatic N) is 4. The molecule has 0 spiro atoms. The van der Waals surface area contributed by atoms with Crippen molar-refractivity contribution in [1.82, 2.24) is 15.0 Å². The highest BCUT2D eigenvalue weighted by molar-refractivity contribution is 7.92. The van der Waals surface area contributed by atoms with Gasteiger partial charge in [-0.1, -0.05) is 23.7 Å². The largest absolute Gasteiger partial charge is 0.453 e. The number of hydrogen-bond acceptors (Lipinski definition) is 8. The van der Waals surface area contributed by atoms with Crippen LogP contribution >= 0.6 is 22.9 Å². The van der Waals surface area contributed by atoms with E-state index in [2.05, 4.69) is 24.6 Å². The number of anilines is 2. The summed E-state index contributed by atoms with van der Waals surface area (Å²) in [5.41, 5.74) is 4.66. The van der Waals surface area contributed by atoms with E-state index in [0.717, 1.165) is 43.8 Å². The van der Waals surface area contributed by atoms with E-state index in [1.807, 2.05) is 6.07 Å². The molecule has 6 rings (SSSR count). The number of thiazole rings is 1. The first-order valence-corrected chi connectivity index (χ1v) is 15.6. The van der Waals surface area contributed by atoms with Gasteiger partial charge in [-0.05, 0) is 43.2 Å². The van der Waals surface area contributed by atoms with Gasteiger partial charge in [0.05, 0.1) is 34.3 Å². The molecule has 0 radical (unpaired) electrons. The first kappa shape index (κ1) is 28.0. The molecule has 1 fully saturated rings. The van der Waals surface area contributed by atoms with E-state index < -0.39 is 26.6 Å². The van der Waals surface area contributed by atoms with E-state index in [0.29, 0.717) is 22.4 Å². The second-order valence-corrected chi connectivity index (χ2v) is 12.3. The topological polar surface area (TPSA) is 97.3 Å². The number of halogens is 3. The maximum Gasteiger partial charge on any atom is 0.266 e. The highest BCUT2D eigenvalue weighted by Crippen LogP contribution is 2.40. The Hall–Kier alpha value is -4.13. The van der Waals surface area contributed by atoms with Gasteiger partial charge in [0.25, 0.3) is 10.0 Å².